The monoisotopic (exact) mass is 963 g/mol. The molecule has 0 aromatic carbocycles. The summed E-state index contributed by atoms with van der Waals surface area (Å²) in [5.74, 6) is -1.11. The van der Waals surface area contributed by atoms with E-state index >= 15 is 0 Å². The van der Waals surface area contributed by atoms with Gasteiger partial charge in [-0.25, -0.2) is 0 Å². The molecule has 7 fully saturated rings. The highest BCUT2D eigenvalue weighted by atomic mass is 16.7. The lowest BCUT2D eigenvalue weighted by Crippen LogP contribution is -2.71. The quantitative estimate of drug-likeness (QED) is 0.0773. The van der Waals surface area contributed by atoms with Crippen molar-refractivity contribution in [2.24, 2.45) is 45.3 Å². The number of aliphatic hydroxyl groups is 13. The average molecular weight is 963 g/mol. The van der Waals surface area contributed by atoms with Gasteiger partial charge in [-0.3, -0.25) is 0 Å². The Morgan fingerprint density at radius 2 is 1.19 bits per heavy atom. The molecule has 0 spiro atoms. The highest BCUT2D eigenvalue weighted by Crippen LogP contribution is 2.76. The van der Waals surface area contributed by atoms with Gasteiger partial charge in [0.25, 0.3) is 0 Å². The van der Waals surface area contributed by atoms with Crippen LogP contribution in [0.2, 0.25) is 0 Å². The molecular formula is C48H82O19. The molecule has 3 saturated heterocycles. The van der Waals surface area contributed by atoms with Crippen molar-refractivity contribution in [2.45, 2.75) is 223 Å². The fourth-order valence-electron chi connectivity index (χ4n) is 14.8. The minimum atomic E-state index is -1.77. The van der Waals surface area contributed by atoms with Gasteiger partial charge in [0.1, 0.15) is 73.2 Å². The van der Waals surface area contributed by atoms with Gasteiger partial charge in [0.2, 0.25) is 0 Å². The minimum Gasteiger partial charge on any atom is -0.394 e. The Balaban J connectivity index is 1.20. The van der Waals surface area contributed by atoms with Gasteiger partial charge in [0.15, 0.2) is 18.9 Å². The number of hydrogen-bond acceptors (Lipinski definition) is 19. The fourth-order valence-corrected chi connectivity index (χ4v) is 14.8. The zero-order valence-electron chi connectivity index (χ0n) is 40.3. The van der Waals surface area contributed by atoms with E-state index in [0.29, 0.717) is 51.4 Å². The highest BCUT2D eigenvalue weighted by molar-refractivity contribution is 5.22. The number of hydrogen-bond donors (Lipinski definition) is 13. The molecule has 67 heavy (non-hydrogen) atoms. The summed E-state index contributed by atoms with van der Waals surface area (Å²) < 4.78 is 37.1. The lowest BCUT2D eigenvalue weighted by atomic mass is 9.34. The molecule has 19 nitrogen and oxygen atoms in total. The zero-order valence-corrected chi connectivity index (χ0v) is 40.3. The first-order valence-corrected chi connectivity index (χ1v) is 24.5. The van der Waals surface area contributed by atoms with Gasteiger partial charge in [-0.1, -0.05) is 46.3 Å². The molecule has 3 aliphatic heterocycles. The standard InChI is InChI=1S/C48H82O19/c1-21(2)10-9-13-48(8,67-43-39(61)36(58)33(55)27(66-43)20-62-41-37(59)34(56)31(53)25(18-49)64-41)22-11-15-46(6)30(22)23(51)16-28-45(5)14-12-29(52)44(3,4)40(45)24(17-47(28,46)7)63-42-38(60)35(57)32(54)26(19-50)65-42/h10,22-43,49-61H,9,11-20H2,1-8H3/t22?,23?,24?,25-,26-,27-,28?,29?,30?,31-,32-,33-,34+,35+,36+,37-,38-,39-,40?,41+,42-,43+,45?,46?,47?,48?/m1/s1. The van der Waals surface area contributed by atoms with E-state index < -0.39 is 158 Å². The topological polar surface area (TPSA) is 318 Å². The van der Waals surface area contributed by atoms with Crippen molar-refractivity contribution >= 4 is 0 Å². The second-order valence-corrected chi connectivity index (χ2v) is 23.1. The van der Waals surface area contributed by atoms with Crippen LogP contribution in [0.15, 0.2) is 11.6 Å². The number of rotatable bonds is 13. The Morgan fingerprint density at radius 3 is 1.78 bits per heavy atom. The molecular weight excluding hydrogens is 881 g/mol. The third kappa shape index (κ3) is 9.13. The SMILES string of the molecule is CC(C)=CCCC(C)(O[C@@H]1O[C@H](CO[C@H]2O[C@H](CO)[C@@H](O)[C@H](O)[C@H]2O)[C@@H](O)[C@H](O)[C@H]1O)C1CCC2(C)C1C(O)CC1C3(C)CCC(O)C(C)(C)C3C(O[C@@H]3O[C@H](CO)[C@@H](O)[C@H](O)[C@H]3O)CC12C. The van der Waals surface area contributed by atoms with E-state index in [1.165, 1.54) is 0 Å². The summed E-state index contributed by atoms with van der Waals surface area (Å²) in [6.45, 7) is 14.7. The number of allylic oxidation sites excluding steroid dienone is 2. The van der Waals surface area contributed by atoms with Crippen LogP contribution in [-0.2, 0) is 28.4 Å². The van der Waals surface area contributed by atoms with Crippen LogP contribution in [-0.4, -0.2) is 202 Å². The van der Waals surface area contributed by atoms with Gasteiger partial charge in [-0.15, -0.1) is 0 Å². The van der Waals surface area contributed by atoms with Crippen LogP contribution in [0.25, 0.3) is 0 Å². The summed E-state index contributed by atoms with van der Waals surface area (Å²) in [4.78, 5) is 0. The summed E-state index contributed by atoms with van der Waals surface area (Å²) in [5.41, 5.74) is -2.39. The molecule has 26 atom stereocenters. The van der Waals surface area contributed by atoms with Gasteiger partial charge >= 0.3 is 0 Å². The van der Waals surface area contributed by atoms with Crippen LogP contribution in [0.4, 0.5) is 0 Å². The predicted molar refractivity (Wildman–Crippen MR) is 235 cm³/mol. The van der Waals surface area contributed by atoms with E-state index in [-0.39, 0.29) is 23.7 Å². The van der Waals surface area contributed by atoms with E-state index in [1.807, 2.05) is 34.6 Å². The van der Waals surface area contributed by atoms with Crippen LogP contribution < -0.4 is 0 Å². The minimum absolute atomic E-state index is 0.0659. The number of aliphatic hydroxyl groups excluding tert-OH is 13. The van der Waals surface area contributed by atoms with Gasteiger partial charge in [0, 0.05) is 0 Å². The molecule has 19 heteroatoms. The first-order chi connectivity index (χ1) is 31.2. The molecule has 13 N–H and O–H groups in total. The summed E-state index contributed by atoms with van der Waals surface area (Å²) in [7, 11) is 0. The summed E-state index contributed by atoms with van der Waals surface area (Å²) >= 11 is 0. The molecule has 4 aliphatic carbocycles. The second kappa shape index (κ2) is 19.8. The van der Waals surface area contributed by atoms with E-state index in [1.54, 1.807) is 0 Å². The fraction of sp³-hybridized carbons (Fsp3) is 0.958. The molecule has 4 saturated carbocycles. The molecule has 3 heterocycles. The third-order valence-electron chi connectivity index (χ3n) is 18.7. The van der Waals surface area contributed by atoms with E-state index in [9.17, 15) is 66.4 Å². The largest absolute Gasteiger partial charge is 0.394 e. The van der Waals surface area contributed by atoms with Crippen LogP contribution in [0.3, 0.4) is 0 Å². The Kier molecular flexibility index (Phi) is 15.9. The van der Waals surface area contributed by atoms with Crippen LogP contribution in [0.1, 0.15) is 107 Å². The molecule has 388 valence electrons. The van der Waals surface area contributed by atoms with Crippen molar-refractivity contribution in [3.8, 4) is 0 Å². The lowest BCUT2D eigenvalue weighted by Gasteiger charge is -2.72. The van der Waals surface area contributed by atoms with Gasteiger partial charge in [-0.2, -0.15) is 0 Å². The van der Waals surface area contributed by atoms with Crippen molar-refractivity contribution in [1.29, 1.82) is 0 Å². The maximum absolute atomic E-state index is 12.7. The summed E-state index contributed by atoms with van der Waals surface area (Å²) in [6, 6.07) is 0. The van der Waals surface area contributed by atoms with Crippen molar-refractivity contribution in [2.75, 3.05) is 19.8 Å². The lowest BCUT2D eigenvalue weighted by molar-refractivity contribution is -0.353. The van der Waals surface area contributed by atoms with Crippen molar-refractivity contribution in [3.05, 3.63) is 11.6 Å². The molecule has 0 aromatic rings. The second-order valence-electron chi connectivity index (χ2n) is 23.1. The Hall–Kier alpha value is -1.02. The van der Waals surface area contributed by atoms with Crippen molar-refractivity contribution < 1.29 is 94.8 Å². The molecule has 7 rings (SSSR count). The van der Waals surface area contributed by atoms with E-state index in [0.717, 1.165) is 5.57 Å². The first kappa shape index (κ1) is 53.8. The predicted octanol–water partition coefficient (Wildman–Crippen LogP) is -1.06. The first-order valence-electron chi connectivity index (χ1n) is 24.5. The van der Waals surface area contributed by atoms with Crippen LogP contribution >= 0.6 is 0 Å². The Labute approximate surface area is 393 Å². The van der Waals surface area contributed by atoms with Crippen LogP contribution in [0.5, 0.6) is 0 Å². The van der Waals surface area contributed by atoms with Crippen molar-refractivity contribution in [3.63, 3.8) is 0 Å². The van der Waals surface area contributed by atoms with Gasteiger partial charge in [-0.05, 0) is 117 Å². The molecule has 0 aromatic heterocycles. The van der Waals surface area contributed by atoms with Crippen LogP contribution in [0, 0.1) is 45.3 Å². The molecule has 11 unspecified atom stereocenters. The summed E-state index contributed by atoms with van der Waals surface area (Å²) in [6.07, 6.45) is -19.2. The number of ether oxygens (including phenoxy) is 6. The maximum Gasteiger partial charge on any atom is 0.187 e. The third-order valence-corrected chi connectivity index (χ3v) is 18.7. The Bertz CT molecular complexity index is 1710. The molecule has 0 amide bonds. The van der Waals surface area contributed by atoms with Gasteiger partial charge in [0.05, 0.1) is 43.7 Å². The smallest absolute Gasteiger partial charge is 0.187 e. The maximum atomic E-state index is 12.7. The highest BCUT2D eigenvalue weighted by Gasteiger charge is 2.74. The van der Waals surface area contributed by atoms with E-state index in [4.69, 9.17) is 28.4 Å². The zero-order chi connectivity index (χ0) is 49.5. The normalized spacial score (nSPS) is 52.9. The molecule has 7 aliphatic rings. The Morgan fingerprint density at radius 1 is 0.657 bits per heavy atom. The summed E-state index contributed by atoms with van der Waals surface area (Å²) in [5, 5.41) is 142. The average Bonchev–Trinajstić information content (AvgIpc) is 3.66. The molecule has 0 bridgehead atoms. The van der Waals surface area contributed by atoms with Crippen molar-refractivity contribution in [1.82, 2.24) is 0 Å². The van der Waals surface area contributed by atoms with Gasteiger partial charge < -0.3 is 94.8 Å². The molecule has 0 radical (unpaired) electrons. The van der Waals surface area contributed by atoms with E-state index in [2.05, 4.69) is 26.8 Å². The number of fused-ring (bicyclic) bond motifs is 5.